The molecular weight excluding hydrogens is 109 g/mol. The van der Waals surface area contributed by atoms with Gasteiger partial charge in [-0.05, 0) is 0 Å². The van der Waals surface area contributed by atoms with Gasteiger partial charge >= 0.3 is 8.25 Å². The van der Waals surface area contributed by atoms with Crippen molar-refractivity contribution in [1.29, 1.82) is 0 Å². The molecule has 0 aliphatic heterocycles. The van der Waals surface area contributed by atoms with Crippen molar-refractivity contribution in [2.24, 2.45) is 0 Å². The fourth-order valence-corrected chi connectivity index (χ4v) is 0. The quantitative estimate of drug-likeness (QED) is 0.293. The van der Waals surface area contributed by atoms with E-state index in [9.17, 15) is 0 Å². The Morgan fingerprint density at radius 1 is 1.33 bits per heavy atom. The van der Waals surface area contributed by atoms with Gasteiger partial charge in [0.2, 0.25) is 0 Å². The minimum absolute atomic E-state index is 0. The highest BCUT2D eigenvalue weighted by molar-refractivity contribution is 7.30. The molecule has 0 amide bonds. The van der Waals surface area contributed by atoms with Crippen molar-refractivity contribution in [3.05, 3.63) is 0 Å². The Kier molecular flexibility index (Phi) is 24.5. The molecule has 0 heterocycles. The molecular formula is H7BFO3P. The zero-order valence-electron chi connectivity index (χ0n) is 2.21. The average Bonchev–Trinajstić information content (AvgIpc) is 0.811. The summed E-state index contributed by atoms with van der Waals surface area (Å²) in [4.78, 5) is 14.3. The van der Waals surface area contributed by atoms with Crippen LogP contribution in [-0.4, -0.2) is 18.2 Å². The SMILES string of the molecule is B.F.O=[PH](O)O. The molecule has 0 atom stereocenters. The number of rotatable bonds is 0. The highest BCUT2D eigenvalue weighted by Crippen LogP contribution is 1.98. The molecule has 0 aliphatic carbocycles. The summed E-state index contributed by atoms with van der Waals surface area (Å²) in [5.41, 5.74) is 0. The van der Waals surface area contributed by atoms with Crippen molar-refractivity contribution < 1.29 is 19.1 Å². The summed E-state index contributed by atoms with van der Waals surface area (Å²) < 4.78 is 8.74. The van der Waals surface area contributed by atoms with Crippen LogP contribution in [0.25, 0.3) is 0 Å². The van der Waals surface area contributed by atoms with Gasteiger partial charge in [-0.3, -0.25) is 9.27 Å². The maximum atomic E-state index is 8.74. The number of halogens is 1. The fraction of sp³-hybridized carbons (Fsp3) is 0. The first kappa shape index (κ1) is 16.4. The zero-order valence-corrected chi connectivity index (χ0v) is 3.21. The van der Waals surface area contributed by atoms with E-state index in [0.29, 0.717) is 0 Å². The number of hydrogen-bond donors (Lipinski definition) is 2. The summed E-state index contributed by atoms with van der Waals surface area (Å²) in [5, 5.41) is 0. The second-order valence-electron chi connectivity index (χ2n) is 0.283. The highest BCUT2D eigenvalue weighted by atomic mass is 31.1. The standard InChI is InChI=1S/BH3.FH.H3O3P/c;;1-4(2)3/h1H3;1H;4H,(H2,1,2,3). The van der Waals surface area contributed by atoms with E-state index in [0.717, 1.165) is 0 Å². The minimum Gasteiger partial charge on any atom is -0.326 e. The van der Waals surface area contributed by atoms with Crippen molar-refractivity contribution in [2.45, 2.75) is 0 Å². The van der Waals surface area contributed by atoms with Crippen LogP contribution in [0.4, 0.5) is 4.70 Å². The lowest BCUT2D eigenvalue weighted by molar-refractivity contribution is 0.405. The van der Waals surface area contributed by atoms with Crippen LogP contribution in [0.15, 0.2) is 0 Å². The molecule has 6 heteroatoms. The summed E-state index contributed by atoms with van der Waals surface area (Å²) >= 11 is 0. The maximum absolute atomic E-state index is 8.74. The van der Waals surface area contributed by atoms with E-state index in [-0.39, 0.29) is 13.1 Å². The third-order valence-corrected chi connectivity index (χ3v) is 0. The van der Waals surface area contributed by atoms with Gasteiger partial charge in [0.15, 0.2) is 0 Å². The predicted octanol–water partition coefficient (Wildman–Crippen LogP) is -1.67. The van der Waals surface area contributed by atoms with E-state index in [1.54, 1.807) is 0 Å². The van der Waals surface area contributed by atoms with Crippen molar-refractivity contribution >= 4 is 16.7 Å². The smallest absolute Gasteiger partial charge is 0.314 e. The Hall–Kier alpha value is 0.145. The molecule has 40 valence electrons. The Morgan fingerprint density at radius 2 is 1.33 bits per heavy atom. The first-order valence-electron chi connectivity index (χ1n) is 0.651. The molecule has 3 nitrogen and oxygen atoms in total. The van der Waals surface area contributed by atoms with Gasteiger partial charge in [0.1, 0.15) is 0 Å². The average molecular weight is 116 g/mol. The third-order valence-electron chi connectivity index (χ3n) is 0. The van der Waals surface area contributed by atoms with Gasteiger partial charge in [-0.15, -0.1) is 0 Å². The molecule has 0 saturated carbocycles. The Bertz CT molecular complexity index is 33.8. The highest BCUT2D eigenvalue weighted by Gasteiger charge is 1.61. The first-order chi connectivity index (χ1) is 1.73. The Balaban J connectivity index is -0.0000000450. The minimum atomic E-state index is -3.13. The van der Waals surface area contributed by atoms with Crippen LogP contribution >= 0.6 is 8.25 Å². The van der Waals surface area contributed by atoms with E-state index in [2.05, 4.69) is 0 Å². The fourth-order valence-electron chi connectivity index (χ4n) is 0. The Labute approximate surface area is 36.9 Å². The molecule has 0 unspecified atom stereocenters. The molecule has 2 N–H and O–H groups in total. The lowest BCUT2D eigenvalue weighted by atomic mass is 10.8. The summed E-state index contributed by atoms with van der Waals surface area (Å²) in [6.07, 6.45) is 0. The summed E-state index contributed by atoms with van der Waals surface area (Å²) in [6, 6.07) is 0. The molecule has 0 radical (unpaired) electrons. The zero-order chi connectivity index (χ0) is 3.58. The van der Waals surface area contributed by atoms with E-state index >= 15 is 0 Å². The van der Waals surface area contributed by atoms with Gasteiger partial charge in [-0.2, -0.15) is 0 Å². The second-order valence-corrected chi connectivity index (χ2v) is 0.848. The molecule has 0 bridgehead atoms. The lowest BCUT2D eigenvalue weighted by Gasteiger charge is -1.61. The molecule has 0 aromatic heterocycles. The molecule has 0 rings (SSSR count). The van der Waals surface area contributed by atoms with Crippen molar-refractivity contribution in [2.75, 3.05) is 0 Å². The maximum Gasteiger partial charge on any atom is 0.314 e. The Morgan fingerprint density at radius 3 is 1.33 bits per heavy atom. The van der Waals surface area contributed by atoms with Crippen LogP contribution in [0.3, 0.4) is 0 Å². The van der Waals surface area contributed by atoms with Crippen LogP contribution < -0.4 is 0 Å². The van der Waals surface area contributed by atoms with Gasteiger partial charge in [-0.25, -0.2) is 0 Å². The van der Waals surface area contributed by atoms with Gasteiger partial charge in [0.05, 0.1) is 8.41 Å². The molecule has 0 aromatic carbocycles. The summed E-state index contributed by atoms with van der Waals surface area (Å²) in [5.74, 6) is 0. The van der Waals surface area contributed by atoms with Crippen LogP contribution in [0.2, 0.25) is 0 Å². The monoisotopic (exact) mass is 116 g/mol. The molecule has 0 fully saturated rings. The third kappa shape index (κ3) is 1950. The predicted molar refractivity (Wildman–Crippen MR) is 25.9 cm³/mol. The van der Waals surface area contributed by atoms with E-state index in [4.69, 9.17) is 14.4 Å². The van der Waals surface area contributed by atoms with Crippen molar-refractivity contribution in [3.63, 3.8) is 0 Å². The van der Waals surface area contributed by atoms with Crippen LogP contribution in [0.5, 0.6) is 0 Å². The van der Waals surface area contributed by atoms with Crippen molar-refractivity contribution in [3.8, 4) is 0 Å². The van der Waals surface area contributed by atoms with Crippen molar-refractivity contribution in [1.82, 2.24) is 0 Å². The van der Waals surface area contributed by atoms with Gasteiger partial charge in [-0.1, -0.05) is 0 Å². The van der Waals surface area contributed by atoms with E-state index in [1.165, 1.54) is 0 Å². The van der Waals surface area contributed by atoms with E-state index < -0.39 is 8.25 Å². The second kappa shape index (κ2) is 8.94. The summed E-state index contributed by atoms with van der Waals surface area (Å²) in [6.45, 7) is 0. The molecule has 0 spiro atoms. The normalized spacial score (nSPS) is 5.83. The molecule has 0 saturated heterocycles. The number of hydrogen-bond acceptors (Lipinski definition) is 1. The van der Waals surface area contributed by atoms with Gasteiger partial charge in [0, 0.05) is 0 Å². The first-order valence-corrected chi connectivity index (χ1v) is 1.95. The molecule has 6 heavy (non-hydrogen) atoms. The molecule has 0 aromatic rings. The topological polar surface area (TPSA) is 57.5 Å². The summed E-state index contributed by atoms with van der Waals surface area (Å²) in [7, 11) is -3.13. The molecule has 0 aliphatic rings. The lowest BCUT2D eigenvalue weighted by Crippen LogP contribution is -1.38. The largest absolute Gasteiger partial charge is 0.326 e. The van der Waals surface area contributed by atoms with Gasteiger partial charge < -0.3 is 9.79 Å². The van der Waals surface area contributed by atoms with Gasteiger partial charge in [0.25, 0.3) is 0 Å². The van der Waals surface area contributed by atoms with E-state index in [1.807, 2.05) is 0 Å². The van der Waals surface area contributed by atoms with Crippen LogP contribution in [0, 0.1) is 0 Å². The van der Waals surface area contributed by atoms with Crippen LogP contribution in [-0.2, 0) is 4.57 Å². The van der Waals surface area contributed by atoms with Crippen LogP contribution in [0.1, 0.15) is 0 Å².